The molecule has 1 aliphatic rings. The number of esters is 1. The lowest BCUT2D eigenvalue weighted by Crippen LogP contribution is -2.28. The van der Waals surface area contributed by atoms with E-state index in [1.165, 1.54) is 7.11 Å². The lowest BCUT2D eigenvalue weighted by atomic mass is 10.1. The van der Waals surface area contributed by atoms with Crippen molar-refractivity contribution in [2.24, 2.45) is 0 Å². The van der Waals surface area contributed by atoms with Crippen LogP contribution in [0.25, 0.3) is 0 Å². The first-order valence-electron chi connectivity index (χ1n) is 6.46. The van der Waals surface area contributed by atoms with E-state index in [0.717, 1.165) is 29.7 Å². The van der Waals surface area contributed by atoms with Crippen molar-refractivity contribution in [2.45, 2.75) is 13.0 Å². The first kappa shape index (κ1) is 15.0. The van der Waals surface area contributed by atoms with E-state index in [1.54, 1.807) is 12.1 Å². The number of nitrogens with one attached hydrogen (secondary N) is 1. The third-order valence-electron chi connectivity index (χ3n) is 3.27. The standard InChI is InChI=1S/C14H17BrN2O3/c1-20-14(19)10-2-3-11(12(15)8-10)9-17-6-4-13(18)16-5-7-17/h2-3,8H,4-7,9H2,1H3,(H,16,18). The third-order valence-corrected chi connectivity index (χ3v) is 4.01. The van der Waals surface area contributed by atoms with Crippen LogP contribution in [0, 0.1) is 0 Å². The second-order valence-electron chi connectivity index (χ2n) is 4.67. The molecule has 20 heavy (non-hydrogen) atoms. The molecular formula is C14H17BrN2O3. The SMILES string of the molecule is COC(=O)c1ccc(CN2CCNC(=O)CC2)c(Br)c1. The lowest BCUT2D eigenvalue weighted by molar-refractivity contribution is -0.120. The lowest BCUT2D eigenvalue weighted by Gasteiger charge is -2.19. The van der Waals surface area contributed by atoms with Crippen molar-refractivity contribution >= 4 is 27.8 Å². The quantitative estimate of drug-likeness (QED) is 0.848. The molecular weight excluding hydrogens is 324 g/mol. The van der Waals surface area contributed by atoms with Crippen LogP contribution in [0.3, 0.4) is 0 Å². The summed E-state index contributed by atoms with van der Waals surface area (Å²) in [6, 6.07) is 5.44. The van der Waals surface area contributed by atoms with E-state index >= 15 is 0 Å². The highest BCUT2D eigenvalue weighted by Gasteiger charge is 2.15. The molecule has 0 saturated carbocycles. The summed E-state index contributed by atoms with van der Waals surface area (Å²) in [5.41, 5.74) is 1.61. The molecule has 0 spiro atoms. The van der Waals surface area contributed by atoms with Crippen molar-refractivity contribution in [3.8, 4) is 0 Å². The minimum absolute atomic E-state index is 0.104. The zero-order valence-electron chi connectivity index (χ0n) is 11.3. The predicted molar refractivity (Wildman–Crippen MR) is 78.4 cm³/mol. The predicted octanol–water partition coefficient (Wildman–Crippen LogP) is 1.56. The minimum atomic E-state index is -0.346. The average molecular weight is 341 g/mol. The van der Waals surface area contributed by atoms with Gasteiger partial charge in [-0.05, 0) is 17.7 Å². The molecule has 1 N–H and O–H groups in total. The van der Waals surface area contributed by atoms with E-state index in [1.807, 2.05) is 6.07 Å². The zero-order chi connectivity index (χ0) is 14.5. The van der Waals surface area contributed by atoms with Crippen molar-refractivity contribution in [3.05, 3.63) is 33.8 Å². The van der Waals surface area contributed by atoms with Gasteiger partial charge in [-0.2, -0.15) is 0 Å². The van der Waals surface area contributed by atoms with Gasteiger partial charge in [0.05, 0.1) is 12.7 Å². The molecule has 1 amide bonds. The molecule has 1 aliphatic heterocycles. The molecule has 1 saturated heterocycles. The molecule has 0 aliphatic carbocycles. The Labute approximate surface area is 126 Å². The molecule has 1 aromatic carbocycles. The van der Waals surface area contributed by atoms with Gasteiger partial charge in [-0.25, -0.2) is 4.79 Å². The molecule has 5 nitrogen and oxygen atoms in total. The Morgan fingerprint density at radius 3 is 2.95 bits per heavy atom. The second-order valence-corrected chi connectivity index (χ2v) is 5.53. The van der Waals surface area contributed by atoms with Gasteiger partial charge in [0.2, 0.25) is 5.91 Å². The highest BCUT2D eigenvalue weighted by atomic mass is 79.9. The molecule has 0 radical (unpaired) electrons. The summed E-state index contributed by atoms with van der Waals surface area (Å²) >= 11 is 3.49. The molecule has 0 unspecified atom stereocenters. The van der Waals surface area contributed by atoms with Gasteiger partial charge in [0.1, 0.15) is 0 Å². The van der Waals surface area contributed by atoms with Crippen LogP contribution in [0.4, 0.5) is 0 Å². The largest absolute Gasteiger partial charge is 0.465 e. The molecule has 2 rings (SSSR count). The smallest absolute Gasteiger partial charge is 0.337 e. The summed E-state index contributed by atoms with van der Waals surface area (Å²) < 4.78 is 5.57. The fraction of sp³-hybridized carbons (Fsp3) is 0.429. The molecule has 0 bridgehead atoms. The van der Waals surface area contributed by atoms with E-state index in [4.69, 9.17) is 4.74 Å². The summed E-state index contributed by atoms with van der Waals surface area (Å²) in [6.07, 6.45) is 0.526. The van der Waals surface area contributed by atoms with Crippen LogP contribution in [-0.2, 0) is 16.1 Å². The average Bonchev–Trinajstić information content (AvgIpc) is 2.65. The van der Waals surface area contributed by atoms with Gasteiger partial charge >= 0.3 is 5.97 Å². The monoisotopic (exact) mass is 340 g/mol. The Hall–Kier alpha value is -1.40. The van der Waals surface area contributed by atoms with E-state index in [2.05, 4.69) is 26.1 Å². The van der Waals surface area contributed by atoms with Crippen molar-refractivity contribution in [1.29, 1.82) is 0 Å². The Kier molecular flexibility index (Phi) is 5.14. The normalized spacial score (nSPS) is 16.4. The molecule has 108 valence electrons. The van der Waals surface area contributed by atoms with E-state index in [0.29, 0.717) is 18.5 Å². The van der Waals surface area contributed by atoms with Gasteiger partial charge in [-0.1, -0.05) is 22.0 Å². The van der Waals surface area contributed by atoms with Crippen LogP contribution in [0.2, 0.25) is 0 Å². The topological polar surface area (TPSA) is 58.6 Å². The van der Waals surface area contributed by atoms with Gasteiger partial charge < -0.3 is 10.1 Å². The van der Waals surface area contributed by atoms with Gasteiger partial charge in [-0.3, -0.25) is 9.69 Å². The maximum atomic E-state index is 11.4. The number of benzene rings is 1. The first-order chi connectivity index (χ1) is 9.60. The number of methoxy groups -OCH3 is 1. The van der Waals surface area contributed by atoms with Crippen LogP contribution in [-0.4, -0.2) is 43.5 Å². The number of hydrogen-bond acceptors (Lipinski definition) is 4. The number of nitrogens with zero attached hydrogens (tertiary/aromatic N) is 1. The molecule has 0 atom stereocenters. The van der Waals surface area contributed by atoms with Crippen LogP contribution in [0.15, 0.2) is 22.7 Å². The van der Waals surface area contributed by atoms with E-state index in [9.17, 15) is 9.59 Å². The number of ether oxygens (including phenoxy) is 1. The van der Waals surface area contributed by atoms with Gasteiger partial charge in [0.25, 0.3) is 0 Å². The maximum absolute atomic E-state index is 11.4. The maximum Gasteiger partial charge on any atom is 0.337 e. The first-order valence-corrected chi connectivity index (χ1v) is 7.25. The van der Waals surface area contributed by atoms with Crippen LogP contribution < -0.4 is 5.32 Å². The molecule has 0 aromatic heterocycles. The van der Waals surface area contributed by atoms with Crippen LogP contribution in [0.5, 0.6) is 0 Å². The van der Waals surface area contributed by atoms with Crippen molar-refractivity contribution in [3.63, 3.8) is 0 Å². The highest BCUT2D eigenvalue weighted by Crippen LogP contribution is 2.21. The van der Waals surface area contributed by atoms with E-state index < -0.39 is 0 Å². The Bertz CT molecular complexity index is 519. The Morgan fingerprint density at radius 2 is 2.25 bits per heavy atom. The third kappa shape index (κ3) is 3.80. The summed E-state index contributed by atoms with van der Waals surface area (Å²) in [6.45, 7) is 3.00. The van der Waals surface area contributed by atoms with Gasteiger partial charge in [0, 0.05) is 37.1 Å². The van der Waals surface area contributed by atoms with Crippen molar-refractivity contribution in [1.82, 2.24) is 10.2 Å². The number of amides is 1. The number of carbonyl (C=O) groups excluding carboxylic acids is 2. The van der Waals surface area contributed by atoms with E-state index in [-0.39, 0.29) is 11.9 Å². The fourth-order valence-electron chi connectivity index (χ4n) is 2.13. The molecule has 1 aromatic rings. The fourth-order valence-corrected chi connectivity index (χ4v) is 2.64. The molecule has 6 heteroatoms. The van der Waals surface area contributed by atoms with Crippen molar-refractivity contribution in [2.75, 3.05) is 26.7 Å². The second kappa shape index (κ2) is 6.85. The van der Waals surface area contributed by atoms with Gasteiger partial charge in [0.15, 0.2) is 0 Å². The highest BCUT2D eigenvalue weighted by molar-refractivity contribution is 9.10. The van der Waals surface area contributed by atoms with Crippen molar-refractivity contribution < 1.29 is 14.3 Å². The Balaban J connectivity index is 2.06. The number of carbonyl (C=O) groups is 2. The summed E-state index contributed by atoms with van der Waals surface area (Å²) in [7, 11) is 1.37. The summed E-state index contributed by atoms with van der Waals surface area (Å²) in [5, 5.41) is 2.85. The van der Waals surface area contributed by atoms with Crippen LogP contribution in [0.1, 0.15) is 22.3 Å². The number of halogens is 1. The van der Waals surface area contributed by atoms with Crippen LogP contribution >= 0.6 is 15.9 Å². The minimum Gasteiger partial charge on any atom is -0.465 e. The summed E-state index contributed by atoms with van der Waals surface area (Å²) in [4.78, 5) is 25.0. The Morgan fingerprint density at radius 1 is 1.45 bits per heavy atom. The molecule has 1 heterocycles. The molecule has 1 fully saturated rings. The summed E-state index contributed by atoms with van der Waals surface area (Å²) in [5.74, 6) is -0.241. The number of rotatable bonds is 3. The number of hydrogen-bond donors (Lipinski definition) is 1. The zero-order valence-corrected chi connectivity index (χ0v) is 12.9. The van der Waals surface area contributed by atoms with Gasteiger partial charge in [-0.15, -0.1) is 0 Å².